The molecule has 20 heavy (non-hydrogen) atoms. The number of nitrogens with zero attached hydrogens (tertiary/aromatic N) is 1. The van der Waals surface area contributed by atoms with Crippen LogP contribution in [-0.4, -0.2) is 0 Å². The highest BCUT2D eigenvalue weighted by atomic mass is 14.4. The Morgan fingerprint density at radius 3 is 2.35 bits per heavy atom. The molecule has 1 fully saturated rings. The molecule has 0 bridgehead atoms. The first kappa shape index (κ1) is 13.2. The van der Waals surface area contributed by atoms with Gasteiger partial charge in [-0.1, -0.05) is 68.1 Å². The Hall–Kier alpha value is -1.81. The Kier molecular flexibility index (Phi) is 3.74. The Bertz CT molecular complexity index is 622. The lowest BCUT2D eigenvalue weighted by Gasteiger charge is -2.25. The summed E-state index contributed by atoms with van der Waals surface area (Å²) in [5, 5.41) is 12.3. The van der Waals surface area contributed by atoms with Crippen molar-refractivity contribution in [3.63, 3.8) is 0 Å². The third kappa shape index (κ3) is 2.56. The van der Waals surface area contributed by atoms with E-state index in [2.05, 4.69) is 48.5 Å². The summed E-state index contributed by atoms with van der Waals surface area (Å²) >= 11 is 0. The number of hydrogen-bond donors (Lipinski definition) is 0. The van der Waals surface area contributed by atoms with Crippen molar-refractivity contribution in [2.45, 2.75) is 44.9 Å². The van der Waals surface area contributed by atoms with Crippen LogP contribution in [0.2, 0.25) is 0 Å². The molecule has 0 aromatic heterocycles. The van der Waals surface area contributed by atoms with Crippen LogP contribution in [0.5, 0.6) is 0 Å². The smallest absolute Gasteiger partial charge is 0.0693 e. The van der Waals surface area contributed by atoms with Gasteiger partial charge < -0.3 is 0 Å². The van der Waals surface area contributed by atoms with Crippen molar-refractivity contribution in [2.75, 3.05) is 0 Å². The largest absolute Gasteiger partial charge is 0.198 e. The Morgan fingerprint density at radius 2 is 1.60 bits per heavy atom. The number of hydrogen-bond acceptors (Lipinski definition) is 1. The van der Waals surface area contributed by atoms with Crippen LogP contribution in [-0.2, 0) is 6.42 Å². The molecule has 0 radical (unpaired) electrons. The zero-order valence-electron chi connectivity index (χ0n) is 11.9. The minimum absolute atomic E-state index is 0.138. The van der Waals surface area contributed by atoms with Gasteiger partial charge in [0, 0.05) is 0 Å². The molecule has 2 aromatic rings. The molecule has 1 aliphatic rings. The van der Waals surface area contributed by atoms with E-state index in [1.54, 1.807) is 0 Å². The summed E-state index contributed by atoms with van der Waals surface area (Å²) in [4.78, 5) is 0. The van der Waals surface area contributed by atoms with Gasteiger partial charge in [-0.25, -0.2) is 0 Å². The van der Waals surface area contributed by atoms with E-state index in [9.17, 15) is 5.26 Å². The van der Waals surface area contributed by atoms with E-state index in [0.717, 1.165) is 19.3 Å². The topological polar surface area (TPSA) is 23.8 Å². The van der Waals surface area contributed by atoms with Crippen molar-refractivity contribution in [2.24, 2.45) is 5.41 Å². The highest BCUT2D eigenvalue weighted by molar-refractivity contribution is 5.85. The lowest BCUT2D eigenvalue weighted by molar-refractivity contribution is 0.340. The minimum Gasteiger partial charge on any atom is -0.198 e. The number of rotatable bonds is 2. The highest BCUT2D eigenvalue weighted by Gasteiger charge is 2.31. The first-order chi connectivity index (χ1) is 9.83. The second-order valence-electron chi connectivity index (χ2n) is 6.12. The van der Waals surface area contributed by atoms with E-state index >= 15 is 0 Å². The maximum absolute atomic E-state index is 9.75. The van der Waals surface area contributed by atoms with Gasteiger partial charge in [0.25, 0.3) is 0 Å². The summed E-state index contributed by atoms with van der Waals surface area (Å²) in [6, 6.07) is 17.7. The average Bonchev–Trinajstić information content (AvgIpc) is 2.74. The Morgan fingerprint density at radius 1 is 0.900 bits per heavy atom. The Labute approximate surface area is 121 Å². The molecule has 0 heterocycles. The normalized spacial score (nSPS) is 18.4. The maximum Gasteiger partial charge on any atom is 0.0693 e. The molecule has 0 atom stereocenters. The highest BCUT2D eigenvalue weighted by Crippen LogP contribution is 2.38. The van der Waals surface area contributed by atoms with Gasteiger partial charge >= 0.3 is 0 Å². The fraction of sp³-hybridized carbons (Fsp3) is 0.421. The van der Waals surface area contributed by atoms with Crippen molar-refractivity contribution in [3.05, 3.63) is 48.0 Å². The standard InChI is InChI=1S/C19H21N/c20-15-19(12-5-1-2-6-13-19)14-17-10-7-9-16-8-3-4-11-18(16)17/h3-4,7-11H,1-2,5-6,12-14H2. The van der Waals surface area contributed by atoms with Crippen LogP contribution in [0, 0.1) is 16.7 Å². The average molecular weight is 263 g/mol. The molecule has 0 unspecified atom stereocenters. The van der Waals surface area contributed by atoms with E-state index in [4.69, 9.17) is 0 Å². The monoisotopic (exact) mass is 263 g/mol. The summed E-state index contributed by atoms with van der Waals surface area (Å²) in [5.74, 6) is 0. The zero-order valence-corrected chi connectivity index (χ0v) is 11.9. The van der Waals surface area contributed by atoms with E-state index < -0.39 is 0 Å². The molecule has 1 aliphatic carbocycles. The number of nitriles is 1. The molecule has 1 saturated carbocycles. The molecule has 0 saturated heterocycles. The number of benzene rings is 2. The van der Waals surface area contributed by atoms with Gasteiger partial charge in [0.1, 0.15) is 0 Å². The fourth-order valence-corrected chi connectivity index (χ4v) is 3.54. The molecule has 1 nitrogen and oxygen atoms in total. The van der Waals surface area contributed by atoms with Gasteiger partial charge in [-0.05, 0) is 35.6 Å². The van der Waals surface area contributed by atoms with Crippen molar-refractivity contribution in [3.8, 4) is 6.07 Å². The van der Waals surface area contributed by atoms with Crippen LogP contribution in [0.4, 0.5) is 0 Å². The third-order valence-electron chi connectivity index (χ3n) is 4.71. The van der Waals surface area contributed by atoms with E-state index in [1.807, 2.05) is 0 Å². The summed E-state index contributed by atoms with van der Waals surface area (Å²) in [5.41, 5.74) is 1.20. The molecule has 0 N–H and O–H groups in total. The van der Waals surface area contributed by atoms with Crippen molar-refractivity contribution >= 4 is 10.8 Å². The van der Waals surface area contributed by atoms with Gasteiger partial charge in [0.15, 0.2) is 0 Å². The van der Waals surface area contributed by atoms with Gasteiger partial charge in [0.2, 0.25) is 0 Å². The molecule has 1 heteroatoms. The predicted molar refractivity (Wildman–Crippen MR) is 83.4 cm³/mol. The Balaban J connectivity index is 1.97. The molecular formula is C19H21N. The van der Waals surface area contributed by atoms with Crippen LogP contribution in [0.25, 0.3) is 10.8 Å². The van der Waals surface area contributed by atoms with Crippen molar-refractivity contribution in [1.29, 1.82) is 5.26 Å². The lowest BCUT2D eigenvalue weighted by atomic mass is 9.76. The molecule has 0 aliphatic heterocycles. The summed E-state index contributed by atoms with van der Waals surface area (Å²) in [6.07, 6.45) is 8.03. The quantitative estimate of drug-likeness (QED) is 0.679. The van der Waals surface area contributed by atoms with Gasteiger partial charge in [-0.15, -0.1) is 0 Å². The van der Waals surface area contributed by atoms with Crippen LogP contribution in [0.3, 0.4) is 0 Å². The van der Waals surface area contributed by atoms with E-state index in [0.29, 0.717) is 0 Å². The fourth-order valence-electron chi connectivity index (χ4n) is 3.54. The van der Waals surface area contributed by atoms with Crippen molar-refractivity contribution in [1.82, 2.24) is 0 Å². The first-order valence-electron chi connectivity index (χ1n) is 7.71. The van der Waals surface area contributed by atoms with Gasteiger partial charge in [-0.2, -0.15) is 5.26 Å². The maximum atomic E-state index is 9.75. The molecular weight excluding hydrogens is 242 g/mol. The molecule has 3 rings (SSSR count). The second kappa shape index (κ2) is 5.67. The summed E-state index contributed by atoms with van der Waals surface area (Å²) in [7, 11) is 0. The molecule has 2 aromatic carbocycles. The zero-order chi connectivity index (χ0) is 13.8. The van der Waals surface area contributed by atoms with Crippen molar-refractivity contribution < 1.29 is 0 Å². The summed E-state index contributed by atoms with van der Waals surface area (Å²) < 4.78 is 0. The van der Waals surface area contributed by atoms with Gasteiger partial charge in [0.05, 0.1) is 11.5 Å². The first-order valence-corrected chi connectivity index (χ1v) is 7.71. The lowest BCUT2D eigenvalue weighted by Crippen LogP contribution is -2.21. The predicted octanol–water partition coefficient (Wildman–Crippen LogP) is 5.25. The summed E-state index contributed by atoms with van der Waals surface area (Å²) in [6.45, 7) is 0. The third-order valence-corrected chi connectivity index (χ3v) is 4.71. The SMILES string of the molecule is N#CC1(Cc2cccc3ccccc23)CCCCCC1. The van der Waals surface area contributed by atoms with Crippen LogP contribution < -0.4 is 0 Å². The number of fused-ring (bicyclic) bond motifs is 1. The minimum atomic E-state index is -0.138. The van der Waals surface area contributed by atoms with Gasteiger partial charge in [-0.3, -0.25) is 0 Å². The van der Waals surface area contributed by atoms with Crippen LogP contribution >= 0.6 is 0 Å². The molecule has 102 valence electrons. The van der Waals surface area contributed by atoms with Crippen LogP contribution in [0.15, 0.2) is 42.5 Å². The molecule has 0 spiro atoms. The van der Waals surface area contributed by atoms with E-state index in [1.165, 1.54) is 42.0 Å². The van der Waals surface area contributed by atoms with E-state index in [-0.39, 0.29) is 5.41 Å². The van der Waals surface area contributed by atoms with Crippen LogP contribution in [0.1, 0.15) is 44.1 Å². The second-order valence-corrected chi connectivity index (χ2v) is 6.12. The molecule has 0 amide bonds.